The molecular formula is C34H32N4O6S. The fourth-order valence-electron chi connectivity index (χ4n) is 6.08. The van der Waals surface area contributed by atoms with Crippen LogP contribution in [0.3, 0.4) is 0 Å². The number of ketones is 1. The van der Waals surface area contributed by atoms with E-state index in [9.17, 15) is 19.2 Å². The van der Waals surface area contributed by atoms with Gasteiger partial charge in [-0.1, -0.05) is 55.3 Å². The molecule has 1 N–H and O–H groups in total. The van der Waals surface area contributed by atoms with Crippen molar-refractivity contribution in [1.29, 1.82) is 0 Å². The maximum Gasteiger partial charge on any atom is 0.299 e. The third-order valence-corrected chi connectivity index (χ3v) is 9.25. The molecular weight excluding hydrogens is 592 g/mol. The zero-order valence-electron chi connectivity index (χ0n) is 24.9. The van der Waals surface area contributed by atoms with E-state index in [2.05, 4.69) is 5.32 Å². The van der Waals surface area contributed by atoms with Crippen molar-refractivity contribution in [2.45, 2.75) is 37.8 Å². The molecule has 0 spiro atoms. The van der Waals surface area contributed by atoms with Gasteiger partial charge in [0.1, 0.15) is 28.6 Å². The third-order valence-electron chi connectivity index (χ3n) is 8.41. The molecule has 0 bridgehead atoms. The normalized spacial score (nSPS) is 15.1. The molecule has 10 nitrogen and oxygen atoms in total. The summed E-state index contributed by atoms with van der Waals surface area (Å²) in [5.41, 5.74) is 1.56. The van der Waals surface area contributed by atoms with Crippen molar-refractivity contribution in [3.63, 3.8) is 0 Å². The number of carbonyl (C=O) groups is 4. The van der Waals surface area contributed by atoms with E-state index < -0.39 is 23.1 Å². The first kappa shape index (κ1) is 30.0. The van der Waals surface area contributed by atoms with Crippen molar-refractivity contribution in [2.75, 3.05) is 31.0 Å². The number of rotatable bonds is 10. The number of ether oxygens (including phenoxy) is 2. The minimum absolute atomic E-state index is 0.0567. The molecule has 45 heavy (non-hydrogen) atoms. The molecule has 0 saturated heterocycles. The number of hydrogen-bond donors (Lipinski definition) is 1. The summed E-state index contributed by atoms with van der Waals surface area (Å²) in [5.74, 6) is -1.25. The van der Waals surface area contributed by atoms with Crippen LogP contribution in [0.15, 0.2) is 78.2 Å². The van der Waals surface area contributed by atoms with E-state index in [1.165, 1.54) is 23.3 Å². The van der Waals surface area contributed by atoms with Crippen LogP contribution in [0.4, 0.5) is 11.4 Å². The quantitative estimate of drug-likeness (QED) is 0.237. The van der Waals surface area contributed by atoms with Crippen LogP contribution in [-0.2, 0) is 20.9 Å². The van der Waals surface area contributed by atoms with Crippen molar-refractivity contribution in [3.05, 3.63) is 88.7 Å². The van der Waals surface area contributed by atoms with Gasteiger partial charge in [-0.15, -0.1) is 11.3 Å². The first-order valence-electron chi connectivity index (χ1n) is 14.6. The summed E-state index contributed by atoms with van der Waals surface area (Å²) in [5, 5.41) is 5.58. The van der Waals surface area contributed by atoms with Crippen molar-refractivity contribution >= 4 is 46.2 Å². The van der Waals surface area contributed by atoms with Crippen molar-refractivity contribution < 1.29 is 28.7 Å². The van der Waals surface area contributed by atoms with Gasteiger partial charge in [-0.05, 0) is 37.1 Å². The number of amides is 3. The van der Waals surface area contributed by atoms with Gasteiger partial charge in [0.05, 0.1) is 43.4 Å². The van der Waals surface area contributed by atoms with Crippen LogP contribution in [0.25, 0.3) is 11.3 Å². The predicted octanol–water partition coefficient (Wildman–Crippen LogP) is 5.34. The fraction of sp³-hybridized carbons (Fsp3) is 0.265. The monoisotopic (exact) mass is 624 g/mol. The maximum atomic E-state index is 14.4. The lowest BCUT2D eigenvalue weighted by Crippen LogP contribution is -2.59. The Morgan fingerprint density at radius 1 is 0.978 bits per heavy atom. The van der Waals surface area contributed by atoms with Gasteiger partial charge in [-0.2, -0.15) is 0 Å². The van der Waals surface area contributed by atoms with Gasteiger partial charge in [-0.25, -0.2) is 4.98 Å². The number of nitrogens with one attached hydrogen (secondary N) is 1. The molecule has 230 valence electrons. The number of hydrogen-bond acceptors (Lipinski definition) is 8. The van der Waals surface area contributed by atoms with Gasteiger partial charge < -0.3 is 19.7 Å². The molecule has 6 rings (SSSR count). The van der Waals surface area contributed by atoms with E-state index in [0.717, 1.165) is 24.1 Å². The van der Waals surface area contributed by atoms with Crippen LogP contribution in [0.5, 0.6) is 11.5 Å². The molecule has 0 radical (unpaired) electrons. The standard InChI is InChI=1S/C34H32N4O6S/c1-43-23-14-15-25(28(18-23)44-2)36-33(42)34(16-8-9-17-34)38(19-29-35-26(21-45-29)22-10-4-3-5-11-22)30(39)20-37-27-13-7-6-12-24(27)31(40)32(37)41/h3-7,10-15,18,21H,8-9,16-17,19-20H2,1-2H3,(H,36,42). The van der Waals surface area contributed by atoms with Gasteiger partial charge in [-0.3, -0.25) is 24.1 Å². The van der Waals surface area contributed by atoms with Gasteiger partial charge >= 0.3 is 0 Å². The molecule has 0 atom stereocenters. The lowest BCUT2D eigenvalue weighted by Gasteiger charge is -2.40. The van der Waals surface area contributed by atoms with Crippen LogP contribution in [0, 0.1) is 0 Å². The highest BCUT2D eigenvalue weighted by Gasteiger charge is 2.50. The topological polar surface area (TPSA) is 118 Å². The number of anilines is 2. The lowest BCUT2D eigenvalue weighted by atomic mass is 9.92. The number of aromatic nitrogens is 1. The second-order valence-corrected chi connectivity index (χ2v) is 11.9. The molecule has 1 aromatic heterocycles. The molecule has 1 saturated carbocycles. The Hall–Kier alpha value is -5.03. The summed E-state index contributed by atoms with van der Waals surface area (Å²) in [4.78, 5) is 62.0. The van der Waals surface area contributed by atoms with Crippen LogP contribution >= 0.6 is 11.3 Å². The third kappa shape index (κ3) is 5.66. The Labute approximate surface area is 264 Å². The van der Waals surface area contributed by atoms with E-state index in [4.69, 9.17) is 14.5 Å². The Morgan fingerprint density at radius 2 is 1.71 bits per heavy atom. The SMILES string of the molecule is COc1ccc(NC(=O)C2(N(Cc3nc(-c4ccccc4)cs3)C(=O)CN3C(=O)C(=O)c4ccccc43)CCCC2)c(OC)c1. The number of fused-ring (bicyclic) bond motifs is 1. The van der Waals surface area contributed by atoms with Crippen molar-refractivity contribution in [3.8, 4) is 22.8 Å². The summed E-state index contributed by atoms with van der Waals surface area (Å²) in [6.45, 7) is -0.333. The minimum Gasteiger partial charge on any atom is -0.497 e. The van der Waals surface area contributed by atoms with E-state index in [0.29, 0.717) is 40.7 Å². The maximum absolute atomic E-state index is 14.4. The molecule has 3 amide bonds. The summed E-state index contributed by atoms with van der Waals surface area (Å²) in [6, 6.07) is 21.4. The Kier molecular flexibility index (Phi) is 8.36. The van der Waals surface area contributed by atoms with Gasteiger partial charge in [0.15, 0.2) is 0 Å². The number of thiazole rings is 1. The largest absolute Gasteiger partial charge is 0.497 e. The first-order valence-corrected chi connectivity index (χ1v) is 15.5. The van der Waals surface area contributed by atoms with E-state index >= 15 is 0 Å². The minimum atomic E-state index is -1.23. The Balaban J connectivity index is 1.36. The summed E-state index contributed by atoms with van der Waals surface area (Å²) in [7, 11) is 3.05. The number of nitrogens with zero attached hydrogens (tertiary/aromatic N) is 3. The zero-order valence-corrected chi connectivity index (χ0v) is 25.8. The van der Waals surface area contributed by atoms with Gasteiger partial charge in [0.2, 0.25) is 11.8 Å². The van der Waals surface area contributed by atoms with Crippen LogP contribution in [-0.4, -0.2) is 59.7 Å². The predicted molar refractivity (Wildman–Crippen MR) is 171 cm³/mol. The van der Waals surface area contributed by atoms with Crippen molar-refractivity contribution in [2.24, 2.45) is 0 Å². The number of methoxy groups -OCH3 is 2. The van der Waals surface area contributed by atoms with Crippen molar-refractivity contribution in [1.82, 2.24) is 9.88 Å². The Bertz CT molecular complexity index is 1770. The molecule has 0 unspecified atom stereocenters. The number of para-hydroxylation sites is 1. The second-order valence-electron chi connectivity index (χ2n) is 11.0. The van der Waals surface area contributed by atoms with E-state index in [1.54, 1.807) is 54.5 Å². The number of Topliss-reactive ketones (excluding diaryl/α,β-unsaturated/α-hetero) is 1. The molecule has 1 aliphatic carbocycles. The highest BCUT2D eigenvalue weighted by molar-refractivity contribution is 7.09. The highest BCUT2D eigenvalue weighted by atomic mass is 32.1. The zero-order chi connectivity index (χ0) is 31.6. The molecule has 1 aliphatic heterocycles. The van der Waals surface area contributed by atoms with Crippen LogP contribution in [0.2, 0.25) is 0 Å². The summed E-state index contributed by atoms with van der Waals surface area (Å²) in [6.07, 6.45) is 2.30. The van der Waals surface area contributed by atoms with E-state index in [-0.39, 0.29) is 24.6 Å². The molecule has 4 aromatic rings. The molecule has 3 aromatic carbocycles. The average Bonchev–Trinajstić information content (AvgIpc) is 3.81. The summed E-state index contributed by atoms with van der Waals surface area (Å²) >= 11 is 1.40. The van der Waals surface area contributed by atoms with Crippen LogP contribution < -0.4 is 19.7 Å². The molecule has 2 aliphatic rings. The molecule has 11 heteroatoms. The Morgan fingerprint density at radius 3 is 2.44 bits per heavy atom. The molecule has 2 heterocycles. The first-order chi connectivity index (χ1) is 21.8. The number of carbonyl (C=O) groups excluding carboxylic acids is 4. The average molecular weight is 625 g/mol. The summed E-state index contributed by atoms with van der Waals surface area (Å²) < 4.78 is 10.8. The highest BCUT2D eigenvalue weighted by Crippen LogP contribution is 2.40. The van der Waals surface area contributed by atoms with Crippen LogP contribution in [0.1, 0.15) is 41.0 Å². The smallest absolute Gasteiger partial charge is 0.299 e. The van der Waals surface area contributed by atoms with Gasteiger partial charge in [0, 0.05) is 17.0 Å². The van der Waals surface area contributed by atoms with E-state index in [1.807, 2.05) is 35.7 Å². The molecule has 1 fully saturated rings. The lowest BCUT2D eigenvalue weighted by molar-refractivity contribution is -0.145. The fourth-order valence-corrected chi connectivity index (χ4v) is 6.88. The van der Waals surface area contributed by atoms with Gasteiger partial charge in [0.25, 0.3) is 11.7 Å². The second kappa shape index (κ2) is 12.5. The number of benzene rings is 3.